The van der Waals surface area contributed by atoms with Crippen molar-refractivity contribution in [2.45, 2.75) is 32.6 Å². The Morgan fingerprint density at radius 3 is 2.85 bits per heavy atom. The molecular formula is C14H15BrClN3S. The Bertz CT molecular complexity index is 622. The maximum atomic E-state index is 6.12. The number of aromatic nitrogens is 2. The topological polar surface area (TPSA) is 37.8 Å². The predicted molar refractivity (Wildman–Crippen MR) is 88.9 cm³/mol. The van der Waals surface area contributed by atoms with E-state index in [1.807, 2.05) is 6.07 Å². The lowest BCUT2D eigenvalue weighted by molar-refractivity contribution is 0.665. The number of aryl methyl sites for hydroxylation is 1. The van der Waals surface area contributed by atoms with Gasteiger partial charge in [-0.3, -0.25) is 0 Å². The van der Waals surface area contributed by atoms with E-state index in [4.69, 9.17) is 21.6 Å². The molecule has 0 spiro atoms. The number of hydrogen-bond acceptors (Lipinski definition) is 4. The largest absolute Gasteiger partial charge is 0.370 e. The third-order valence-electron chi connectivity index (χ3n) is 3.39. The maximum Gasteiger partial charge on any atom is 0.171 e. The minimum absolute atomic E-state index is 0.742. The molecule has 0 saturated heterocycles. The van der Waals surface area contributed by atoms with Crippen LogP contribution in [0.15, 0.2) is 10.5 Å². The van der Waals surface area contributed by atoms with E-state index in [0.29, 0.717) is 0 Å². The van der Waals surface area contributed by atoms with E-state index in [1.165, 1.54) is 35.4 Å². The molecule has 106 valence electrons. The van der Waals surface area contributed by atoms with Crippen molar-refractivity contribution in [2.24, 2.45) is 0 Å². The number of hydrogen-bond donors (Lipinski definition) is 1. The maximum absolute atomic E-state index is 6.12. The summed E-state index contributed by atoms with van der Waals surface area (Å²) in [6.45, 7) is 2.97. The summed E-state index contributed by atoms with van der Waals surface area (Å²) in [6.07, 6.45) is 4.56. The summed E-state index contributed by atoms with van der Waals surface area (Å²) in [6, 6.07) is 1.99. The van der Waals surface area contributed by atoms with Crippen LogP contribution in [-0.2, 0) is 12.8 Å². The van der Waals surface area contributed by atoms with E-state index in [9.17, 15) is 0 Å². The second-order valence-electron chi connectivity index (χ2n) is 4.79. The summed E-state index contributed by atoms with van der Waals surface area (Å²) in [7, 11) is 0. The molecule has 6 heteroatoms. The number of rotatable bonds is 3. The molecule has 0 fully saturated rings. The van der Waals surface area contributed by atoms with Crippen LogP contribution in [-0.4, -0.2) is 16.5 Å². The molecule has 0 radical (unpaired) electrons. The van der Waals surface area contributed by atoms with Gasteiger partial charge in [-0.25, -0.2) is 9.97 Å². The Morgan fingerprint density at radius 1 is 1.35 bits per heavy atom. The standard InChI is InChI=1S/C14H15BrClN3S/c1-2-17-13-8-5-3-4-6-10(8)18-14(19-13)11-7-9(15)12(16)20-11/h7H,2-6H2,1H3,(H,17,18,19). The van der Waals surface area contributed by atoms with E-state index in [0.717, 1.165) is 44.7 Å². The van der Waals surface area contributed by atoms with Crippen LogP contribution in [0.3, 0.4) is 0 Å². The van der Waals surface area contributed by atoms with Gasteiger partial charge in [0.05, 0.1) is 4.88 Å². The molecule has 2 aromatic rings. The normalized spacial score (nSPS) is 14.2. The van der Waals surface area contributed by atoms with Gasteiger partial charge in [-0.05, 0) is 54.6 Å². The fourth-order valence-electron chi connectivity index (χ4n) is 2.47. The zero-order valence-corrected chi connectivity index (χ0v) is 14.3. The Labute approximate surface area is 135 Å². The lowest BCUT2D eigenvalue weighted by atomic mass is 9.96. The molecule has 1 aliphatic carbocycles. The highest BCUT2D eigenvalue weighted by Gasteiger charge is 2.19. The molecule has 0 amide bonds. The first-order valence-electron chi connectivity index (χ1n) is 6.78. The molecule has 0 aromatic carbocycles. The van der Waals surface area contributed by atoms with Crippen molar-refractivity contribution in [1.29, 1.82) is 0 Å². The Morgan fingerprint density at radius 2 is 2.15 bits per heavy atom. The highest BCUT2D eigenvalue weighted by Crippen LogP contribution is 2.38. The van der Waals surface area contributed by atoms with Gasteiger partial charge < -0.3 is 5.32 Å². The zero-order valence-electron chi connectivity index (χ0n) is 11.2. The lowest BCUT2D eigenvalue weighted by Crippen LogP contribution is -2.13. The quantitative estimate of drug-likeness (QED) is 0.830. The second kappa shape index (κ2) is 6.00. The van der Waals surface area contributed by atoms with Crippen molar-refractivity contribution in [3.63, 3.8) is 0 Å². The third kappa shape index (κ3) is 2.71. The van der Waals surface area contributed by atoms with E-state index < -0.39 is 0 Å². The van der Waals surface area contributed by atoms with Crippen LogP contribution in [0.2, 0.25) is 4.34 Å². The van der Waals surface area contributed by atoms with Crippen molar-refractivity contribution in [2.75, 3.05) is 11.9 Å². The fourth-order valence-corrected chi connectivity index (χ4v) is 4.11. The van der Waals surface area contributed by atoms with Gasteiger partial charge in [0.15, 0.2) is 5.82 Å². The van der Waals surface area contributed by atoms with Crippen LogP contribution in [0.25, 0.3) is 10.7 Å². The predicted octanol–water partition coefficient (Wildman–Crippen LogP) is 4.93. The lowest BCUT2D eigenvalue weighted by Gasteiger charge is -2.19. The Balaban J connectivity index is 2.09. The number of nitrogens with one attached hydrogen (secondary N) is 1. The second-order valence-corrected chi connectivity index (χ2v) is 7.30. The monoisotopic (exact) mass is 371 g/mol. The first-order chi connectivity index (χ1) is 9.69. The van der Waals surface area contributed by atoms with Gasteiger partial charge in [0, 0.05) is 22.3 Å². The van der Waals surface area contributed by atoms with Crippen LogP contribution in [0.1, 0.15) is 31.0 Å². The fraction of sp³-hybridized carbons (Fsp3) is 0.429. The molecule has 0 saturated carbocycles. The number of fused-ring (bicyclic) bond motifs is 1. The molecule has 2 aromatic heterocycles. The van der Waals surface area contributed by atoms with E-state index in [1.54, 1.807) is 0 Å². The van der Waals surface area contributed by atoms with Crippen LogP contribution < -0.4 is 5.32 Å². The molecule has 3 nitrogen and oxygen atoms in total. The molecule has 1 N–H and O–H groups in total. The number of thiophene rings is 1. The molecule has 3 rings (SSSR count). The highest BCUT2D eigenvalue weighted by atomic mass is 79.9. The minimum Gasteiger partial charge on any atom is -0.370 e. The average molecular weight is 373 g/mol. The van der Waals surface area contributed by atoms with Crippen LogP contribution in [0.4, 0.5) is 5.82 Å². The summed E-state index contributed by atoms with van der Waals surface area (Å²) in [5.74, 6) is 1.77. The summed E-state index contributed by atoms with van der Waals surface area (Å²) in [4.78, 5) is 10.5. The number of halogens is 2. The van der Waals surface area contributed by atoms with Crippen molar-refractivity contribution in [3.8, 4) is 10.7 Å². The molecule has 0 atom stereocenters. The van der Waals surface area contributed by atoms with E-state index >= 15 is 0 Å². The van der Waals surface area contributed by atoms with Gasteiger partial charge in [0.25, 0.3) is 0 Å². The first-order valence-corrected chi connectivity index (χ1v) is 8.76. The van der Waals surface area contributed by atoms with Crippen molar-refractivity contribution < 1.29 is 0 Å². The Kier molecular flexibility index (Phi) is 4.29. The van der Waals surface area contributed by atoms with Gasteiger partial charge in [-0.15, -0.1) is 11.3 Å². The average Bonchev–Trinajstić information content (AvgIpc) is 2.79. The molecule has 0 unspecified atom stereocenters. The molecule has 1 aliphatic rings. The SMILES string of the molecule is CCNc1nc(-c2cc(Br)c(Cl)s2)nc2c1CCCC2. The minimum atomic E-state index is 0.742. The van der Waals surface area contributed by atoms with Crippen molar-refractivity contribution in [1.82, 2.24) is 9.97 Å². The molecule has 0 bridgehead atoms. The summed E-state index contributed by atoms with van der Waals surface area (Å²) in [5, 5.41) is 3.38. The van der Waals surface area contributed by atoms with Crippen molar-refractivity contribution >= 4 is 44.7 Å². The molecular weight excluding hydrogens is 358 g/mol. The van der Waals surface area contributed by atoms with Gasteiger partial charge in [-0.2, -0.15) is 0 Å². The van der Waals surface area contributed by atoms with E-state index in [2.05, 4.69) is 28.2 Å². The first kappa shape index (κ1) is 14.3. The van der Waals surface area contributed by atoms with Gasteiger partial charge in [0.1, 0.15) is 10.2 Å². The molecule has 0 aliphatic heterocycles. The number of anilines is 1. The van der Waals surface area contributed by atoms with Gasteiger partial charge in [0.2, 0.25) is 0 Å². The van der Waals surface area contributed by atoms with Crippen LogP contribution in [0, 0.1) is 0 Å². The van der Waals surface area contributed by atoms with Crippen LogP contribution >= 0.6 is 38.9 Å². The zero-order chi connectivity index (χ0) is 14.1. The summed E-state index contributed by atoms with van der Waals surface area (Å²) >= 11 is 11.1. The van der Waals surface area contributed by atoms with Crippen molar-refractivity contribution in [3.05, 3.63) is 26.1 Å². The van der Waals surface area contributed by atoms with E-state index in [-0.39, 0.29) is 0 Å². The molecule has 20 heavy (non-hydrogen) atoms. The highest BCUT2D eigenvalue weighted by molar-refractivity contribution is 9.10. The van der Waals surface area contributed by atoms with Crippen LogP contribution in [0.5, 0.6) is 0 Å². The number of nitrogens with zero attached hydrogens (tertiary/aromatic N) is 2. The summed E-state index contributed by atoms with van der Waals surface area (Å²) < 4.78 is 1.65. The van der Waals surface area contributed by atoms with Gasteiger partial charge >= 0.3 is 0 Å². The van der Waals surface area contributed by atoms with Gasteiger partial charge in [-0.1, -0.05) is 11.6 Å². The Hall–Kier alpha value is -0.650. The smallest absolute Gasteiger partial charge is 0.171 e. The molecule has 2 heterocycles. The third-order valence-corrected chi connectivity index (χ3v) is 5.86. The summed E-state index contributed by atoms with van der Waals surface area (Å²) in [5.41, 5.74) is 2.49.